The lowest BCUT2D eigenvalue weighted by Crippen LogP contribution is -2.60. The molecule has 1 amide bonds. The Morgan fingerprint density at radius 2 is 2.28 bits per heavy atom. The first-order valence-electron chi connectivity index (χ1n) is 6.85. The van der Waals surface area contributed by atoms with Crippen molar-refractivity contribution in [3.63, 3.8) is 0 Å². The average Bonchev–Trinajstić information content (AvgIpc) is 2.88. The van der Waals surface area contributed by atoms with Crippen molar-refractivity contribution in [1.82, 2.24) is 15.6 Å². The van der Waals surface area contributed by atoms with Crippen molar-refractivity contribution in [1.29, 1.82) is 0 Å². The number of hydrogen-bond donors (Lipinski definition) is 3. The van der Waals surface area contributed by atoms with Crippen molar-refractivity contribution >= 4 is 11.9 Å². The molecule has 0 aromatic carbocycles. The SMILES string of the molecule is CCC1C(=O)NCCN1C(=NC1CCCC1)NN. The van der Waals surface area contributed by atoms with E-state index in [9.17, 15) is 4.79 Å². The lowest BCUT2D eigenvalue weighted by molar-refractivity contribution is -0.127. The van der Waals surface area contributed by atoms with E-state index in [2.05, 4.69) is 15.7 Å². The number of carbonyl (C=O) groups is 1. The zero-order chi connectivity index (χ0) is 13.0. The van der Waals surface area contributed by atoms with Gasteiger partial charge in [0.25, 0.3) is 0 Å². The van der Waals surface area contributed by atoms with Crippen molar-refractivity contribution in [2.75, 3.05) is 13.1 Å². The van der Waals surface area contributed by atoms with E-state index < -0.39 is 0 Å². The highest BCUT2D eigenvalue weighted by Gasteiger charge is 2.30. The van der Waals surface area contributed by atoms with Gasteiger partial charge in [-0.3, -0.25) is 10.2 Å². The molecule has 2 aliphatic rings. The number of nitrogens with two attached hydrogens (primary N) is 1. The maximum absolute atomic E-state index is 11.8. The van der Waals surface area contributed by atoms with Gasteiger partial charge in [0.05, 0.1) is 6.04 Å². The molecule has 0 bridgehead atoms. The minimum absolute atomic E-state index is 0.0677. The van der Waals surface area contributed by atoms with Crippen molar-refractivity contribution in [2.24, 2.45) is 10.8 Å². The van der Waals surface area contributed by atoms with E-state index in [1.54, 1.807) is 0 Å². The standard InChI is InChI=1S/C12H23N5O/c1-2-10-11(18)14-7-8-17(10)12(16-13)15-9-5-3-4-6-9/h9-10H,2-8,13H2,1H3,(H,14,18)(H,15,16). The van der Waals surface area contributed by atoms with Crippen molar-refractivity contribution < 1.29 is 4.79 Å². The molecule has 4 N–H and O–H groups in total. The summed E-state index contributed by atoms with van der Waals surface area (Å²) in [5, 5.41) is 2.88. The van der Waals surface area contributed by atoms with Crippen LogP contribution in [-0.4, -0.2) is 41.9 Å². The second kappa shape index (κ2) is 6.04. The number of piperazine rings is 1. The minimum Gasteiger partial charge on any atom is -0.353 e. The molecular formula is C12H23N5O. The lowest BCUT2D eigenvalue weighted by Gasteiger charge is -2.36. The minimum atomic E-state index is -0.157. The van der Waals surface area contributed by atoms with Crippen LogP contribution in [-0.2, 0) is 4.79 Å². The predicted molar refractivity (Wildman–Crippen MR) is 70.8 cm³/mol. The quantitative estimate of drug-likeness (QED) is 0.279. The fourth-order valence-corrected chi connectivity index (χ4v) is 2.77. The highest BCUT2D eigenvalue weighted by molar-refractivity contribution is 5.90. The summed E-state index contributed by atoms with van der Waals surface area (Å²) in [6.07, 6.45) is 5.49. The van der Waals surface area contributed by atoms with Gasteiger partial charge in [-0.15, -0.1) is 0 Å². The molecule has 2 rings (SSSR count). The Kier molecular flexibility index (Phi) is 4.41. The molecule has 1 aliphatic carbocycles. The van der Waals surface area contributed by atoms with Crippen LogP contribution in [0.5, 0.6) is 0 Å². The number of guanidine groups is 1. The average molecular weight is 253 g/mol. The summed E-state index contributed by atoms with van der Waals surface area (Å²) in [6, 6.07) is 0.202. The second-order valence-corrected chi connectivity index (χ2v) is 4.94. The molecule has 1 heterocycles. The van der Waals surface area contributed by atoms with Crippen molar-refractivity contribution in [2.45, 2.75) is 51.1 Å². The van der Waals surface area contributed by atoms with Crippen LogP contribution in [0.25, 0.3) is 0 Å². The lowest BCUT2D eigenvalue weighted by atomic mass is 10.1. The normalized spacial score (nSPS) is 26.3. The number of aliphatic imine (C=N–C) groups is 1. The summed E-state index contributed by atoms with van der Waals surface area (Å²) < 4.78 is 0. The Morgan fingerprint density at radius 3 is 2.89 bits per heavy atom. The van der Waals surface area contributed by atoms with E-state index in [1.165, 1.54) is 12.8 Å². The molecule has 1 aliphatic heterocycles. The van der Waals surface area contributed by atoms with E-state index in [0.29, 0.717) is 18.5 Å². The zero-order valence-corrected chi connectivity index (χ0v) is 11.0. The Bertz CT molecular complexity index is 324. The third-order valence-electron chi connectivity index (χ3n) is 3.75. The maximum atomic E-state index is 11.8. The Morgan fingerprint density at radius 1 is 1.56 bits per heavy atom. The number of hydrogen-bond acceptors (Lipinski definition) is 3. The van der Waals surface area contributed by atoms with E-state index >= 15 is 0 Å². The van der Waals surface area contributed by atoms with Crippen LogP contribution in [0.1, 0.15) is 39.0 Å². The predicted octanol–water partition coefficient (Wildman–Crippen LogP) is -0.0413. The van der Waals surface area contributed by atoms with Crippen LogP contribution in [0.2, 0.25) is 0 Å². The molecule has 0 aromatic rings. The highest BCUT2D eigenvalue weighted by Crippen LogP contribution is 2.21. The third kappa shape index (κ3) is 2.75. The topological polar surface area (TPSA) is 82.8 Å². The number of nitrogens with one attached hydrogen (secondary N) is 2. The highest BCUT2D eigenvalue weighted by atomic mass is 16.2. The molecule has 1 unspecified atom stereocenters. The monoisotopic (exact) mass is 253 g/mol. The van der Waals surface area contributed by atoms with Gasteiger partial charge >= 0.3 is 0 Å². The van der Waals surface area contributed by atoms with Gasteiger partial charge < -0.3 is 10.2 Å². The van der Waals surface area contributed by atoms with Gasteiger partial charge in [-0.1, -0.05) is 19.8 Å². The van der Waals surface area contributed by atoms with Crippen LogP contribution in [0.3, 0.4) is 0 Å². The van der Waals surface area contributed by atoms with Gasteiger partial charge in [-0.05, 0) is 19.3 Å². The molecule has 0 radical (unpaired) electrons. The largest absolute Gasteiger partial charge is 0.353 e. The number of rotatable bonds is 2. The Hall–Kier alpha value is -1.30. The van der Waals surface area contributed by atoms with Gasteiger partial charge in [0.2, 0.25) is 11.9 Å². The number of amides is 1. The molecule has 102 valence electrons. The summed E-state index contributed by atoms with van der Waals surface area (Å²) in [6.45, 7) is 3.42. The Labute approximate surface area is 108 Å². The number of hydrazine groups is 1. The summed E-state index contributed by atoms with van der Waals surface area (Å²) in [4.78, 5) is 18.5. The first-order valence-corrected chi connectivity index (χ1v) is 6.85. The van der Waals surface area contributed by atoms with Crippen molar-refractivity contribution in [3.05, 3.63) is 0 Å². The van der Waals surface area contributed by atoms with Gasteiger partial charge in [0.15, 0.2) is 0 Å². The smallest absolute Gasteiger partial charge is 0.242 e. The fourth-order valence-electron chi connectivity index (χ4n) is 2.77. The summed E-state index contributed by atoms with van der Waals surface area (Å²) >= 11 is 0. The van der Waals surface area contributed by atoms with Crippen LogP contribution in [0, 0.1) is 0 Å². The molecule has 6 heteroatoms. The summed E-state index contributed by atoms with van der Waals surface area (Å²) in [7, 11) is 0. The van der Waals surface area contributed by atoms with Crippen molar-refractivity contribution in [3.8, 4) is 0 Å². The fraction of sp³-hybridized carbons (Fsp3) is 0.833. The molecule has 0 aromatic heterocycles. The first-order chi connectivity index (χ1) is 8.76. The third-order valence-corrected chi connectivity index (χ3v) is 3.75. The van der Waals surface area contributed by atoms with E-state index in [4.69, 9.17) is 5.84 Å². The molecule has 1 atom stereocenters. The number of nitrogens with zero attached hydrogens (tertiary/aromatic N) is 2. The number of carbonyl (C=O) groups excluding carboxylic acids is 1. The van der Waals surface area contributed by atoms with Crippen LogP contribution in [0.15, 0.2) is 4.99 Å². The summed E-state index contributed by atoms with van der Waals surface area (Å²) in [5.41, 5.74) is 2.68. The van der Waals surface area contributed by atoms with Crippen LogP contribution < -0.4 is 16.6 Å². The maximum Gasteiger partial charge on any atom is 0.242 e. The molecular weight excluding hydrogens is 230 g/mol. The van der Waals surface area contributed by atoms with E-state index in [-0.39, 0.29) is 11.9 Å². The molecule has 1 saturated carbocycles. The molecule has 1 saturated heterocycles. The summed E-state index contributed by atoms with van der Waals surface area (Å²) in [5.74, 6) is 6.33. The Balaban J connectivity index is 2.11. The molecule has 0 spiro atoms. The van der Waals surface area contributed by atoms with Crippen LogP contribution in [0.4, 0.5) is 0 Å². The molecule has 6 nitrogen and oxygen atoms in total. The zero-order valence-electron chi connectivity index (χ0n) is 11.0. The van der Waals surface area contributed by atoms with Crippen LogP contribution >= 0.6 is 0 Å². The molecule has 2 fully saturated rings. The second-order valence-electron chi connectivity index (χ2n) is 4.94. The van der Waals surface area contributed by atoms with E-state index in [1.807, 2.05) is 11.8 Å². The van der Waals surface area contributed by atoms with Gasteiger partial charge in [-0.25, -0.2) is 10.8 Å². The first kappa shape index (κ1) is 13.1. The van der Waals surface area contributed by atoms with Gasteiger partial charge in [-0.2, -0.15) is 0 Å². The van der Waals surface area contributed by atoms with Gasteiger partial charge in [0.1, 0.15) is 6.04 Å². The van der Waals surface area contributed by atoms with Gasteiger partial charge in [0, 0.05) is 13.1 Å². The van der Waals surface area contributed by atoms with E-state index in [0.717, 1.165) is 25.8 Å². The molecule has 18 heavy (non-hydrogen) atoms.